The summed E-state index contributed by atoms with van der Waals surface area (Å²) in [6, 6.07) is 3.82. The molecule has 1 aromatic heterocycles. The molecule has 1 heterocycles. The van der Waals surface area contributed by atoms with Crippen LogP contribution in [0.5, 0.6) is 0 Å². The number of hydrogen-bond acceptors (Lipinski definition) is 3. The van der Waals surface area contributed by atoms with Crippen molar-refractivity contribution in [1.82, 2.24) is 4.98 Å². The molecule has 0 bridgehead atoms. The zero-order valence-corrected chi connectivity index (χ0v) is 8.37. The molecule has 0 saturated carbocycles. The summed E-state index contributed by atoms with van der Waals surface area (Å²) >= 11 is 3.27. The fourth-order valence-corrected chi connectivity index (χ4v) is 1.19. The van der Waals surface area contributed by atoms with E-state index in [0.29, 0.717) is 13.4 Å². The molecule has 0 atom stereocenters. The molecule has 0 aliphatic rings. The zero-order valence-electron chi connectivity index (χ0n) is 6.79. The Morgan fingerprint density at radius 2 is 2.42 bits per heavy atom. The van der Waals surface area contributed by atoms with Gasteiger partial charge < -0.3 is 9.47 Å². The van der Waals surface area contributed by atoms with Crippen molar-refractivity contribution in [3.63, 3.8) is 0 Å². The van der Waals surface area contributed by atoms with Crippen LogP contribution in [-0.2, 0) is 16.1 Å². The van der Waals surface area contributed by atoms with Gasteiger partial charge >= 0.3 is 0 Å². The minimum atomic E-state index is 0.319. The van der Waals surface area contributed by atoms with Crippen molar-refractivity contribution >= 4 is 15.9 Å². The van der Waals surface area contributed by atoms with Gasteiger partial charge in [-0.1, -0.05) is 0 Å². The maximum Gasteiger partial charge on any atom is 0.146 e. The molecule has 1 rings (SSSR count). The van der Waals surface area contributed by atoms with Crippen molar-refractivity contribution in [2.45, 2.75) is 6.61 Å². The average molecular weight is 232 g/mol. The van der Waals surface area contributed by atoms with Gasteiger partial charge in [0.2, 0.25) is 0 Å². The molecule has 0 unspecified atom stereocenters. The van der Waals surface area contributed by atoms with E-state index in [2.05, 4.69) is 20.9 Å². The van der Waals surface area contributed by atoms with Crippen molar-refractivity contribution in [3.05, 3.63) is 28.5 Å². The fourth-order valence-electron chi connectivity index (χ4n) is 0.775. The number of rotatable bonds is 4. The van der Waals surface area contributed by atoms with E-state index in [-0.39, 0.29) is 0 Å². The molecule has 0 aliphatic carbocycles. The summed E-state index contributed by atoms with van der Waals surface area (Å²) in [5.41, 5.74) is 1.08. The highest BCUT2D eigenvalue weighted by Crippen LogP contribution is 2.08. The van der Waals surface area contributed by atoms with Gasteiger partial charge in [0.15, 0.2) is 0 Å². The number of methoxy groups -OCH3 is 1. The third kappa shape index (κ3) is 3.30. The van der Waals surface area contributed by atoms with Gasteiger partial charge in [-0.3, -0.25) is 0 Å². The molecule has 0 amide bonds. The first-order chi connectivity index (χ1) is 5.83. The number of halogens is 1. The second-order valence-electron chi connectivity index (χ2n) is 2.24. The third-order valence-electron chi connectivity index (χ3n) is 1.26. The Labute approximate surface area is 79.8 Å². The lowest BCUT2D eigenvalue weighted by Gasteiger charge is -2.02. The average Bonchev–Trinajstić information content (AvgIpc) is 2.05. The molecule has 0 saturated heterocycles. The Balaban J connectivity index is 2.41. The number of pyridine rings is 1. The molecular formula is C8H10BrNO2. The Morgan fingerprint density at radius 3 is 3.08 bits per heavy atom. The number of ether oxygens (including phenoxy) is 2. The molecular weight excluding hydrogens is 222 g/mol. The SMILES string of the molecule is COCOCc1ccnc(Br)c1. The number of hydrogen-bond donors (Lipinski definition) is 0. The summed E-state index contributed by atoms with van der Waals surface area (Å²) in [5.74, 6) is 0. The summed E-state index contributed by atoms with van der Waals surface area (Å²) in [5, 5.41) is 0. The standard InChI is InChI=1S/C8H10BrNO2/c1-11-6-12-5-7-2-3-10-8(9)4-7/h2-4H,5-6H2,1H3. The van der Waals surface area contributed by atoms with Gasteiger partial charge in [0.25, 0.3) is 0 Å². The van der Waals surface area contributed by atoms with Gasteiger partial charge in [0, 0.05) is 13.3 Å². The lowest BCUT2D eigenvalue weighted by Crippen LogP contribution is -1.96. The van der Waals surface area contributed by atoms with E-state index in [0.717, 1.165) is 10.2 Å². The van der Waals surface area contributed by atoms with Crippen LogP contribution in [0.4, 0.5) is 0 Å². The molecule has 0 N–H and O–H groups in total. The van der Waals surface area contributed by atoms with E-state index in [9.17, 15) is 0 Å². The molecule has 0 aliphatic heterocycles. The third-order valence-corrected chi connectivity index (χ3v) is 1.69. The fraction of sp³-hybridized carbons (Fsp3) is 0.375. The lowest BCUT2D eigenvalue weighted by molar-refractivity contribution is -0.0391. The van der Waals surface area contributed by atoms with E-state index in [1.165, 1.54) is 0 Å². The quantitative estimate of drug-likeness (QED) is 0.451. The Bertz CT molecular complexity index is 242. The lowest BCUT2D eigenvalue weighted by atomic mass is 10.3. The predicted octanol–water partition coefficient (Wildman–Crippen LogP) is 1.96. The van der Waals surface area contributed by atoms with Crippen molar-refractivity contribution in [2.24, 2.45) is 0 Å². The van der Waals surface area contributed by atoms with Gasteiger partial charge in [-0.25, -0.2) is 4.98 Å². The second kappa shape index (κ2) is 5.24. The summed E-state index contributed by atoms with van der Waals surface area (Å²) in [4.78, 5) is 4.00. The number of aromatic nitrogens is 1. The van der Waals surface area contributed by atoms with E-state index in [1.807, 2.05) is 12.1 Å². The molecule has 0 fully saturated rings. The van der Waals surface area contributed by atoms with E-state index in [1.54, 1.807) is 13.3 Å². The summed E-state index contributed by atoms with van der Waals surface area (Å²) < 4.78 is 10.7. The number of nitrogens with zero attached hydrogens (tertiary/aromatic N) is 1. The smallest absolute Gasteiger partial charge is 0.146 e. The van der Waals surface area contributed by atoms with Crippen LogP contribution in [0.3, 0.4) is 0 Å². The topological polar surface area (TPSA) is 31.4 Å². The normalized spacial score (nSPS) is 10.2. The predicted molar refractivity (Wildman–Crippen MR) is 48.6 cm³/mol. The summed E-state index contributed by atoms with van der Waals surface area (Å²) in [7, 11) is 1.60. The largest absolute Gasteiger partial charge is 0.359 e. The maximum atomic E-state index is 5.15. The Kier molecular flexibility index (Phi) is 4.21. The van der Waals surface area contributed by atoms with Crippen LogP contribution in [0.15, 0.2) is 22.9 Å². The first-order valence-corrected chi connectivity index (χ1v) is 4.29. The van der Waals surface area contributed by atoms with E-state index in [4.69, 9.17) is 9.47 Å². The molecule has 0 radical (unpaired) electrons. The van der Waals surface area contributed by atoms with Gasteiger partial charge in [0.05, 0.1) is 6.61 Å². The van der Waals surface area contributed by atoms with Crippen LogP contribution in [0.25, 0.3) is 0 Å². The highest BCUT2D eigenvalue weighted by molar-refractivity contribution is 9.10. The molecule has 0 aromatic carbocycles. The Morgan fingerprint density at radius 1 is 1.58 bits per heavy atom. The maximum absolute atomic E-state index is 5.15. The van der Waals surface area contributed by atoms with Gasteiger partial charge in [-0.2, -0.15) is 0 Å². The minimum absolute atomic E-state index is 0.319. The van der Waals surface area contributed by atoms with Crippen LogP contribution < -0.4 is 0 Å². The first kappa shape index (κ1) is 9.64. The van der Waals surface area contributed by atoms with Crippen LogP contribution in [0.1, 0.15) is 5.56 Å². The molecule has 12 heavy (non-hydrogen) atoms. The Hall–Kier alpha value is -0.450. The molecule has 4 heteroatoms. The van der Waals surface area contributed by atoms with Crippen LogP contribution in [0.2, 0.25) is 0 Å². The monoisotopic (exact) mass is 231 g/mol. The van der Waals surface area contributed by atoms with Gasteiger partial charge in [-0.05, 0) is 33.6 Å². The van der Waals surface area contributed by atoms with E-state index < -0.39 is 0 Å². The van der Waals surface area contributed by atoms with Crippen LogP contribution >= 0.6 is 15.9 Å². The van der Waals surface area contributed by atoms with Crippen molar-refractivity contribution < 1.29 is 9.47 Å². The van der Waals surface area contributed by atoms with Crippen LogP contribution in [0, 0.1) is 0 Å². The summed E-state index contributed by atoms with van der Waals surface area (Å²) in [6.45, 7) is 0.870. The minimum Gasteiger partial charge on any atom is -0.359 e. The molecule has 66 valence electrons. The molecule has 1 aromatic rings. The van der Waals surface area contributed by atoms with Crippen molar-refractivity contribution in [2.75, 3.05) is 13.9 Å². The summed E-state index contributed by atoms with van der Waals surface area (Å²) in [6.07, 6.45) is 1.73. The second-order valence-corrected chi connectivity index (χ2v) is 3.05. The first-order valence-electron chi connectivity index (χ1n) is 3.50. The highest BCUT2D eigenvalue weighted by atomic mass is 79.9. The van der Waals surface area contributed by atoms with Crippen molar-refractivity contribution in [1.29, 1.82) is 0 Å². The molecule has 3 nitrogen and oxygen atoms in total. The van der Waals surface area contributed by atoms with Gasteiger partial charge in [0.1, 0.15) is 11.4 Å². The van der Waals surface area contributed by atoms with E-state index >= 15 is 0 Å². The zero-order chi connectivity index (χ0) is 8.81. The van der Waals surface area contributed by atoms with Crippen LogP contribution in [-0.4, -0.2) is 18.9 Å². The molecule has 0 spiro atoms. The highest BCUT2D eigenvalue weighted by Gasteiger charge is 1.93. The van der Waals surface area contributed by atoms with Crippen molar-refractivity contribution in [3.8, 4) is 0 Å². The van der Waals surface area contributed by atoms with Gasteiger partial charge in [-0.15, -0.1) is 0 Å².